The van der Waals surface area contributed by atoms with Crippen LogP contribution in [0.3, 0.4) is 0 Å². The number of benzene rings is 2. The van der Waals surface area contributed by atoms with Gasteiger partial charge in [0.25, 0.3) is 0 Å². The summed E-state index contributed by atoms with van der Waals surface area (Å²) < 4.78 is 26.6. The molecule has 8 heteroatoms. The summed E-state index contributed by atoms with van der Waals surface area (Å²) >= 11 is 14.5. The second kappa shape index (κ2) is 13.4. The Morgan fingerprint density at radius 2 is 1.00 bits per heavy atom. The molecule has 0 saturated heterocycles. The van der Waals surface area contributed by atoms with E-state index in [9.17, 15) is 0 Å². The maximum atomic E-state index is 5.95. The van der Waals surface area contributed by atoms with Crippen molar-refractivity contribution in [3.63, 3.8) is 0 Å². The highest BCUT2D eigenvalue weighted by atomic mass is 79.9. The van der Waals surface area contributed by atoms with Crippen LogP contribution in [0.1, 0.15) is 38.8 Å². The van der Waals surface area contributed by atoms with Crippen LogP contribution in [0.5, 0.6) is 11.5 Å². The van der Waals surface area contributed by atoms with Crippen molar-refractivity contribution in [3.8, 4) is 11.5 Å². The predicted octanol–water partition coefficient (Wildman–Crippen LogP) is 8.96. The largest absolute Gasteiger partial charge is 0.463 e. The van der Waals surface area contributed by atoms with E-state index in [4.69, 9.17) is 18.9 Å². The van der Waals surface area contributed by atoms with Gasteiger partial charge in [-0.15, -0.1) is 0 Å². The fourth-order valence-electron chi connectivity index (χ4n) is 2.81. The summed E-state index contributed by atoms with van der Waals surface area (Å²) in [6, 6.07) is 8.19. The van der Waals surface area contributed by atoms with Gasteiger partial charge in [-0.2, -0.15) is 0 Å². The van der Waals surface area contributed by atoms with Crippen molar-refractivity contribution in [2.45, 2.75) is 46.7 Å². The molecule has 0 aliphatic rings. The highest BCUT2D eigenvalue weighted by molar-refractivity contribution is 9.11. The quantitative estimate of drug-likeness (QED) is 0.163. The molecule has 2 aromatic rings. The summed E-state index contributed by atoms with van der Waals surface area (Å²) in [5, 5.41) is 0. The molecule has 4 nitrogen and oxygen atoms in total. The Hall–Kier alpha value is -0.640. The molecule has 0 saturated carbocycles. The third kappa shape index (κ3) is 9.49. The highest BCUT2D eigenvalue weighted by Gasteiger charge is 2.16. The molecule has 2 unspecified atom stereocenters. The third-order valence-corrected chi connectivity index (χ3v) is 6.58. The Labute approximate surface area is 230 Å². The molecule has 0 bridgehead atoms. The lowest BCUT2D eigenvalue weighted by Gasteiger charge is -2.19. The van der Waals surface area contributed by atoms with E-state index >= 15 is 0 Å². The first-order valence-electron chi connectivity index (χ1n) is 10.3. The molecule has 0 heterocycles. The van der Waals surface area contributed by atoms with Gasteiger partial charge in [0.15, 0.2) is 24.1 Å². The maximum absolute atomic E-state index is 5.95. The fourth-order valence-corrected chi connectivity index (χ4v) is 5.75. The van der Waals surface area contributed by atoms with Gasteiger partial charge in [0, 0.05) is 0 Å². The topological polar surface area (TPSA) is 36.9 Å². The lowest BCUT2D eigenvalue weighted by molar-refractivity contribution is -0.0583. The first kappa shape index (κ1) is 28.6. The van der Waals surface area contributed by atoms with Crippen molar-refractivity contribution in [1.82, 2.24) is 0 Å². The molecule has 0 aliphatic carbocycles. The molecule has 2 atom stereocenters. The second-order valence-electron chi connectivity index (χ2n) is 7.86. The van der Waals surface area contributed by atoms with Gasteiger partial charge in [-0.1, -0.05) is 24.3 Å². The predicted molar refractivity (Wildman–Crippen MR) is 148 cm³/mol. The summed E-state index contributed by atoms with van der Waals surface area (Å²) in [7, 11) is 0. The number of hydrogen-bond acceptors (Lipinski definition) is 4. The molecular formula is C25H28Br4O4. The summed E-state index contributed by atoms with van der Waals surface area (Å²) in [6.45, 7) is 16.2. The van der Waals surface area contributed by atoms with Crippen LogP contribution in [0.4, 0.5) is 0 Å². The van der Waals surface area contributed by atoms with Crippen molar-refractivity contribution in [2.75, 3.05) is 13.2 Å². The van der Waals surface area contributed by atoms with Gasteiger partial charge in [0.05, 0.1) is 31.1 Å². The van der Waals surface area contributed by atoms with Crippen LogP contribution >= 0.6 is 63.7 Å². The van der Waals surface area contributed by atoms with E-state index in [0.29, 0.717) is 24.7 Å². The number of ether oxygens (including phenoxy) is 4. The van der Waals surface area contributed by atoms with E-state index in [1.165, 1.54) is 0 Å². The zero-order chi connectivity index (χ0) is 24.7. The molecule has 33 heavy (non-hydrogen) atoms. The van der Waals surface area contributed by atoms with E-state index in [-0.39, 0.29) is 0 Å². The van der Waals surface area contributed by atoms with Crippen LogP contribution in [0.2, 0.25) is 0 Å². The van der Waals surface area contributed by atoms with Crippen LogP contribution in [0.25, 0.3) is 0 Å². The molecule has 0 spiro atoms. The maximum Gasteiger partial charge on any atom is 0.197 e. The number of hydrogen-bond donors (Lipinski definition) is 0. The minimum Gasteiger partial charge on any atom is -0.463 e. The standard InChI is InChI=1S/C25H28Br4O4/c1-14(2)12-30-16(5)32-24-20(26)8-18(9-21(24)27)7-19-10-22(28)25(23(29)11-19)33-17(6)31-13-15(3)4/h8-11,16-17H,1,3,7,12-13H2,2,4-6H3. The van der Waals surface area contributed by atoms with Gasteiger partial charge in [-0.3, -0.25) is 0 Å². The minimum atomic E-state index is -0.402. The summed E-state index contributed by atoms with van der Waals surface area (Å²) in [5.74, 6) is 1.39. The van der Waals surface area contributed by atoms with Crippen LogP contribution in [-0.4, -0.2) is 25.8 Å². The number of halogens is 4. The van der Waals surface area contributed by atoms with Crippen molar-refractivity contribution in [2.24, 2.45) is 0 Å². The SMILES string of the molecule is C=C(C)COC(C)Oc1c(Br)cc(Cc2cc(Br)c(OC(C)OCC(=C)C)c(Br)c2)cc1Br. The Bertz CT molecular complexity index is 880. The highest BCUT2D eigenvalue weighted by Crippen LogP contribution is 2.38. The van der Waals surface area contributed by atoms with Crippen LogP contribution in [0.15, 0.2) is 66.5 Å². The molecule has 0 aliphatic heterocycles. The smallest absolute Gasteiger partial charge is 0.197 e. The van der Waals surface area contributed by atoms with Crippen molar-refractivity contribution >= 4 is 63.7 Å². The van der Waals surface area contributed by atoms with E-state index < -0.39 is 12.6 Å². The normalized spacial score (nSPS) is 12.8. The molecule has 2 rings (SSSR count). The van der Waals surface area contributed by atoms with Crippen LogP contribution in [-0.2, 0) is 15.9 Å². The van der Waals surface area contributed by atoms with E-state index in [1.54, 1.807) is 0 Å². The monoisotopic (exact) mass is 708 g/mol. The fraction of sp³-hybridized carbons (Fsp3) is 0.360. The zero-order valence-electron chi connectivity index (χ0n) is 19.1. The molecule has 0 fully saturated rings. The molecule has 0 amide bonds. The van der Waals surface area contributed by atoms with Crippen molar-refractivity contribution in [1.29, 1.82) is 0 Å². The summed E-state index contributed by atoms with van der Waals surface area (Å²) in [6.07, 6.45) is -0.0824. The first-order valence-corrected chi connectivity index (χ1v) is 13.4. The van der Waals surface area contributed by atoms with Gasteiger partial charge in [-0.05, 0) is 133 Å². The molecule has 0 aromatic heterocycles. The van der Waals surface area contributed by atoms with Gasteiger partial charge >= 0.3 is 0 Å². The summed E-state index contributed by atoms with van der Waals surface area (Å²) in [4.78, 5) is 0. The zero-order valence-corrected chi connectivity index (χ0v) is 25.5. The molecule has 0 N–H and O–H groups in total. The Morgan fingerprint density at radius 3 is 1.27 bits per heavy atom. The van der Waals surface area contributed by atoms with Crippen LogP contribution < -0.4 is 9.47 Å². The number of rotatable bonds is 12. The summed E-state index contributed by atoms with van der Waals surface area (Å²) in [5.41, 5.74) is 4.12. The molecule has 2 aromatic carbocycles. The minimum absolute atomic E-state index is 0.402. The molecule has 180 valence electrons. The van der Waals surface area contributed by atoms with Gasteiger partial charge in [0.2, 0.25) is 0 Å². The lowest BCUT2D eigenvalue weighted by Crippen LogP contribution is -2.18. The average molecular weight is 712 g/mol. The van der Waals surface area contributed by atoms with E-state index in [1.807, 2.05) is 52.0 Å². The Balaban J connectivity index is 2.12. The second-order valence-corrected chi connectivity index (χ2v) is 11.3. The third-order valence-electron chi connectivity index (χ3n) is 4.22. The Kier molecular flexibility index (Phi) is 11.7. The van der Waals surface area contributed by atoms with Crippen molar-refractivity contribution in [3.05, 3.63) is 77.6 Å². The van der Waals surface area contributed by atoms with Gasteiger partial charge in [0.1, 0.15) is 0 Å². The first-order chi connectivity index (χ1) is 15.5. The van der Waals surface area contributed by atoms with Crippen LogP contribution in [0, 0.1) is 0 Å². The lowest BCUT2D eigenvalue weighted by atomic mass is 10.0. The van der Waals surface area contributed by atoms with Crippen molar-refractivity contribution < 1.29 is 18.9 Å². The van der Waals surface area contributed by atoms with E-state index in [0.717, 1.165) is 46.6 Å². The Morgan fingerprint density at radius 1 is 0.697 bits per heavy atom. The van der Waals surface area contributed by atoms with Gasteiger partial charge < -0.3 is 18.9 Å². The molecular weight excluding hydrogens is 684 g/mol. The molecule has 0 radical (unpaired) electrons. The van der Waals surface area contributed by atoms with Gasteiger partial charge in [-0.25, -0.2) is 0 Å². The average Bonchev–Trinajstić information content (AvgIpc) is 2.70. The van der Waals surface area contributed by atoms with E-state index in [2.05, 4.69) is 76.9 Å².